The van der Waals surface area contributed by atoms with E-state index in [0.717, 1.165) is 61.3 Å². The van der Waals surface area contributed by atoms with Gasteiger partial charge in [-0.25, -0.2) is 0 Å². The van der Waals surface area contributed by atoms with Gasteiger partial charge in [-0.3, -0.25) is 0 Å². The summed E-state index contributed by atoms with van der Waals surface area (Å²) in [4.78, 5) is 2.49. The quantitative estimate of drug-likeness (QED) is 0.166. The van der Waals surface area contributed by atoms with E-state index in [1.54, 1.807) is 0 Å². The zero-order valence-corrected chi connectivity index (χ0v) is 38.1. The molecule has 0 radical (unpaired) electrons. The number of benzene rings is 11. The first-order valence-corrected chi connectivity index (χ1v) is 24.2. The van der Waals surface area contributed by atoms with Crippen LogP contribution < -0.4 is 4.90 Å². The molecule has 326 valence electrons. The average Bonchev–Trinajstić information content (AvgIpc) is 4.08. The molecule has 11 aromatic carbocycles. The number of anilines is 3. The van der Waals surface area contributed by atoms with Crippen LogP contribution in [0.2, 0.25) is 0 Å². The van der Waals surface area contributed by atoms with Gasteiger partial charge in [0.15, 0.2) is 0 Å². The Morgan fingerprint density at radius 2 is 0.929 bits per heavy atom. The third-order valence-corrected chi connectivity index (χ3v) is 15.2. The zero-order valence-electron chi connectivity index (χ0n) is 38.1. The minimum Gasteiger partial charge on any atom is -0.456 e. The molecular formula is C67H42N2O. The first-order valence-electron chi connectivity index (χ1n) is 24.2. The van der Waals surface area contributed by atoms with Crippen molar-refractivity contribution in [1.82, 2.24) is 4.57 Å². The van der Waals surface area contributed by atoms with Crippen molar-refractivity contribution < 1.29 is 4.42 Å². The number of para-hydroxylation sites is 5. The molecule has 0 amide bonds. The lowest BCUT2D eigenvalue weighted by Crippen LogP contribution is -2.33. The van der Waals surface area contributed by atoms with E-state index in [4.69, 9.17) is 4.42 Å². The normalized spacial score (nSPS) is 14.3. The summed E-state index contributed by atoms with van der Waals surface area (Å²) in [5.41, 5.74) is 22.9. The van der Waals surface area contributed by atoms with Crippen LogP contribution in [-0.2, 0) is 5.41 Å². The molecule has 0 bridgehead atoms. The van der Waals surface area contributed by atoms with Crippen molar-refractivity contribution in [1.29, 1.82) is 0 Å². The number of nitrogens with zero attached hydrogens (tertiary/aromatic N) is 2. The largest absolute Gasteiger partial charge is 0.456 e. The van der Waals surface area contributed by atoms with E-state index >= 15 is 0 Å². The fourth-order valence-electron chi connectivity index (χ4n) is 12.2. The first-order chi connectivity index (χ1) is 34.7. The first kappa shape index (κ1) is 38.9. The van der Waals surface area contributed by atoms with Crippen molar-refractivity contribution in [2.45, 2.75) is 5.41 Å². The summed E-state index contributed by atoms with van der Waals surface area (Å²) in [5, 5.41) is 4.78. The van der Waals surface area contributed by atoms with Gasteiger partial charge in [0.05, 0.1) is 27.8 Å². The molecule has 1 aliphatic heterocycles. The lowest BCUT2D eigenvalue weighted by molar-refractivity contribution is 0.669. The predicted octanol–water partition coefficient (Wildman–Crippen LogP) is 17.8. The van der Waals surface area contributed by atoms with Crippen LogP contribution in [0.4, 0.5) is 17.1 Å². The second-order valence-corrected chi connectivity index (χ2v) is 18.8. The minimum atomic E-state index is -0.592. The maximum Gasteiger partial charge on any atom is 0.135 e. The van der Waals surface area contributed by atoms with E-state index in [1.165, 1.54) is 72.0 Å². The molecule has 0 fully saturated rings. The van der Waals surface area contributed by atoms with Gasteiger partial charge in [-0.1, -0.05) is 194 Å². The molecule has 1 aliphatic carbocycles. The Kier molecular flexibility index (Phi) is 8.28. The monoisotopic (exact) mass is 890 g/mol. The van der Waals surface area contributed by atoms with Crippen LogP contribution >= 0.6 is 0 Å². The molecule has 15 rings (SSSR count). The Balaban J connectivity index is 0.981. The minimum absolute atomic E-state index is 0.592. The van der Waals surface area contributed by atoms with E-state index < -0.39 is 5.41 Å². The highest BCUT2D eigenvalue weighted by Gasteiger charge is 2.51. The van der Waals surface area contributed by atoms with Crippen molar-refractivity contribution in [2.75, 3.05) is 4.90 Å². The van der Waals surface area contributed by atoms with Gasteiger partial charge in [0.2, 0.25) is 0 Å². The number of hydrogen-bond acceptors (Lipinski definition) is 2. The van der Waals surface area contributed by atoms with Crippen molar-refractivity contribution in [3.05, 3.63) is 277 Å². The highest BCUT2D eigenvalue weighted by Crippen LogP contribution is 2.62. The second-order valence-electron chi connectivity index (χ2n) is 18.8. The van der Waals surface area contributed by atoms with Crippen LogP contribution in [0.1, 0.15) is 22.3 Å². The van der Waals surface area contributed by atoms with Gasteiger partial charge in [0.25, 0.3) is 0 Å². The highest BCUT2D eigenvalue weighted by molar-refractivity contribution is 6.13. The summed E-state index contributed by atoms with van der Waals surface area (Å²) in [6, 6.07) is 93.8. The number of furan rings is 1. The molecular weight excluding hydrogens is 849 g/mol. The molecule has 0 saturated carbocycles. The van der Waals surface area contributed by atoms with Crippen LogP contribution in [-0.4, -0.2) is 4.57 Å². The van der Waals surface area contributed by atoms with Gasteiger partial charge in [0, 0.05) is 38.5 Å². The fourth-order valence-corrected chi connectivity index (χ4v) is 12.2. The van der Waals surface area contributed by atoms with E-state index in [2.05, 4.69) is 252 Å². The molecule has 70 heavy (non-hydrogen) atoms. The number of fused-ring (bicyclic) bond motifs is 15. The molecule has 0 N–H and O–H groups in total. The van der Waals surface area contributed by atoms with Gasteiger partial charge in [-0.15, -0.1) is 0 Å². The van der Waals surface area contributed by atoms with Crippen LogP contribution in [0.3, 0.4) is 0 Å². The van der Waals surface area contributed by atoms with E-state index in [9.17, 15) is 0 Å². The Bertz CT molecular complexity index is 4250. The van der Waals surface area contributed by atoms with Crippen LogP contribution in [0.25, 0.3) is 93.9 Å². The number of aromatic nitrogens is 1. The second kappa shape index (κ2) is 14.9. The van der Waals surface area contributed by atoms with Gasteiger partial charge in [0.1, 0.15) is 11.2 Å². The summed E-state index contributed by atoms with van der Waals surface area (Å²) >= 11 is 0. The molecule has 1 atom stereocenters. The third kappa shape index (κ3) is 5.46. The van der Waals surface area contributed by atoms with Gasteiger partial charge in [-0.05, 0) is 122 Å². The third-order valence-electron chi connectivity index (χ3n) is 15.2. The van der Waals surface area contributed by atoms with Gasteiger partial charge in [-0.2, -0.15) is 0 Å². The Labute approximate surface area is 405 Å². The topological polar surface area (TPSA) is 21.3 Å². The summed E-state index contributed by atoms with van der Waals surface area (Å²) in [6.45, 7) is 0. The van der Waals surface area contributed by atoms with Crippen molar-refractivity contribution in [2.24, 2.45) is 0 Å². The molecule has 2 aliphatic rings. The molecule has 0 saturated heterocycles. The lowest BCUT2D eigenvalue weighted by Gasteiger charge is -2.40. The molecule has 3 heterocycles. The Morgan fingerprint density at radius 1 is 0.329 bits per heavy atom. The van der Waals surface area contributed by atoms with E-state index in [-0.39, 0.29) is 0 Å². The maximum absolute atomic E-state index is 6.28. The summed E-state index contributed by atoms with van der Waals surface area (Å²) in [5.74, 6) is 0. The summed E-state index contributed by atoms with van der Waals surface area (Å²) < 4.78 is 8.80. The Hall–Kier alpha value is -9.18. The summed E-state index contributed by atoms with van der Waals surface area (Å²) in [6.07, 6.45) is 0. The average molecular weight is 891 g/mol. The van der Waals surface area contributed by atoms with Crippen molar-refractivity contribution >= 4 is 60.8 Å². The zero-order chi connectivity index (χ0) is 45.9. The SMILES string of the molecule is c1ccc(-c2ccc(-c3ccccc3N(c3cccc(-c4ccc5oc6ccccc6c5c4)c3)c3ccc4c(c3)C3(c5ccccc5-4)c4ccccc4-n4c5ccccc5c5cccc3c54)cc2)cc1. The fraction of sp³-hybridized carbons (Fsp3) is 0.0149. The van der Waals surface area contributed by atoms with Crippen molar-refractivity contribution in [3.8, 4) is 50.2 Å². The molecule has 1 unspecified atom stereocenters. The van der Waals surface area contributed by atoms with Crippen LogP contribution in [0.5, 0.6) is 0 Å². The van der Waals surface area contributed by atoms with Crippen LogP contribution in [0.15, 0.2) is 259 Å². The summed E-state index contributed by atoms with van der Waals surface area (Å²) in [7, 11) is 0. The molecule has 13 aromatic rings. The van der Waals surface area contributed by atoms with Gasteiger partial charge >= 0.3 is 0 Å². The van der Waals surface area contributed by atoms with Crippen LogP contribution in [0, 0.1) is 0 Å². The van der Waals surface area contributed by atoms with Crippen molar-refractivity contribution in [3.63, 3.8) is 0 Å². The molecule has 1 spiro atoms. The lowest BCUT2D eigenvalue weighted by atomic mass is 9.65. The number of rotatable bonds is 6. The molecule has 2 aromatic heterocycles. The molecule has 3 nitrogen and oxygen atoms in total. The maximum atomic E-state index is 6.28. The number of hydrogen-bond donors (Lipinski definition) is 0. The molecule has 3 heteroatoms. The predicted molar refractivity (Wildman–Crippen MR) is 290 cm³/mol. The van der Waals surface area contributed by atoms with E-state index in [1.807, 2.05) is 12.1 Å². The Morgan fingerprint density at radius 3 is 1.83 bits per heavy atom. The van der Waals surface area contributed by atoms with Gasteiger partial charge < -0.3 is 13.9 Å². The van der Waals surface area contributed by atoms with E-state index in [0.29, 0.717) is 0 Å². The smallest absolute Gasteiger partial charge is 0.135 e. The standard InChI is InChI=1S/C67H42N2O/c1-2-16-43(17-3-1)44-32-34-45(35-33-44)50-20-5-10-28-61(50)68(48-19-14-18-46(40-48)47-36-39-65-56(41-47)54-23-7-13-31-64(54)70-65)49-37-38-52-51-21-4-8-25-57(51)67(60(52)42-49)58-26-9-12-30-63(58)69-62-29-11-6-22-53(62)55-24-15-27-59(67)66(55)69/h1-42H. The highest BCUT2D eigenvalue weighted by atomic mass is 16.3.